The monoisotopic (exact) mass is 202 g/mol. The lowest BCUT2D eigenvalue weighted by atomic mass is 10.2. The van der Waals surface area contributed by atoms with Gasteiger partial charge in [-0.1, -0.05) is 13.8 Å². The Balaban J connectivity index is 4.43. The summed E-state index contributed by atoms with van der Waals surface area (Å²) in [5.41, 5.74) is 7.13. The second-order valence-corrected chi connectivity index (χ2v) is 2.96. The van der Waals surface area contributed by atoms with E-state index in [1.807, 2.05) is 13.8 Å². The highest BCUT2D eigenvalue weighted by Crippen LogP contribution is 2.03. The second-order valence-electron chi connectivity index (χ2n) is 2.96. The number of primary amides is 1. The van der Waals surface area contributed by atoms with E-state index in [2.05, 4.69) is 5.43 Å². The van der Waals surface area contributed by atoms with Crippen LogP contribution < -0.4 is 17.0 Å². The van der Waals surface area contributed by atoms with Gasteiger partial charge in [-0.05, 0) is 13.0 Å². The van der Waals surface area contributed by atoms with Crippen molar-refractivity contribution < 1.29 is 9.59 Å². The van der Waals surface area contributed by atoms with Crippen LogP contribution in [-0.2, 0) is 9.59 Å². The van der Waals surface area contributed by atoms with Crippen molar-refractivity contribution >= 4 is 11.8 Å². The first-order valence-electron chi connectivity index (χ1n) is 4.59. The van der Waals surface area contributed by atoms with Gasteiger partial charge in [0.15, 0.2) is 0 Å². The van der Waals surface area contributed by atoms with E-state index in [1.165, 1.54) is 0 Å². The predicted molar refractivity (Wildman–Crippen MR) is 52.9 cm³/mol. The Morgan fingerprint density at radius 2 is 2.00 bits per heavy atom. The number of rotatable bonds is 6. The molecule has 0 rings (SSSR count). The number of carbonyl (C=O) groups excluding carboxylic acids is 2. The van der Waals surface area contributed by atoms with Gasteiger partial charge in [0, 0.05) is 0 Å². The average Bonchev–Trinajstić information content (AvgIpc) is 2.16. The Morgan fingerprint density at radius 1 is 1.43 bits per heavy atom. The number of hydrogen-bond acceptors (Lipinski definition) is 4. The van der Waals surface area contributed by atoms with Gasteiger partial charge in [-0.15, -0.1) is 0 Å². The Kier molecular flexibility index (Phi) is 5.82. The number of amides is 2. The molecule has 1 unspecified atom stereocenters. The third-order valence-electron chi connectivity index (χ3n) is 2.04. The van der Waals surface area contributed by atoms with Crippen molar-refractivity contribution in [3.05, 3.63) is 0 Å². The number of nitrogens with one attached hydrogen (secondary N) is 1. The van der Waals surface area contributed by atoms with Crippen LogP contribution in [0.4, 0.5) is 0 Å². The zero-order valence-corrected chi connectivity index (χ0v) is 8.62. The van der Waals surface area contributed by atoms with Crippen molar-refractivity contribution in [2.24, 2.45) is 11.6 Å². The zero-order valence-electron chi connectivity index (χ0n) is 8.62. The Hall–Kier alpha value is -1.14. The van der Waals surface area contributed by atoms with Crippen LogP contribution in [0.2, 0.25) is 0 Å². The van der Waals surface area contributed by atoms with Crippen molar-refractivity contribution in [1.82, 2.24) is 10.3 Å². The SMILES string of the molecule is CCC(C(=O)NN)N(CC)CC(N)=O. The van der Waals surface area contributed by atoms with E-state index in [-0.39, 0.29) is 12.5 Å². The first kappa shape index (κ1) is 12.9. The van der Waals surface area contributed by atoms with Crippen LogP contribution >= 0.6 is 0 Å². The van der Waals surface area contributed by atoms with Crippen molar-refractivity contribution in [2.45, 2.75) is 26.3 Å². The molecule has 0 aromatic rings. The standard InChI is InChI=1S/C8H18N4O2/c1-3-6(8(14)11-10)12(4-2)5-7(9)13/h6H,3-5,10H2,1-2H3,(H2,9,13)(H,11,14). The maximum Gasteiger partial charge on any atom is 0.251 e. The maximum atomic E-state index is 11.3. The lowest BCUT2D eigenvalue weighted by molar-refractivity contribution is -0.128. The average molecular weight is 202 g/mol. The maximum absolute atomic E-state index is 11.3. The molecule has 6 heteroatoms. The molecule has 0 saturated carbocycles. The zero-order chi connectivity index (χ0) is 11.1. The summed E-state index contributed by atoms with van der Waals surface area (Å²) in [5.74, 6) is 4.28. The third kappa shape index (κ3) is 3.71. The fourth-order valence-corrected chi connectivity index (χ4v) is 1.35. The number of hydrogen-bond donors (Lipinski definition) is 3. The molecule has 0 aliphatic carbocycles. The number of nitrogens with two attached hydrogens (primary N) is 2. The van der Waals surface area contributed by atoms with Crippen molar-refractivity contribution in [3.63, 3.8) is 0 Å². The van der Waals surface area contributed by atoms with Crippen LogP contribution in [0.15, 0.2) is 0 Å². The summed E-state index contributed by atoms with van der Waals surface area (Å²) in [6, 6.07) is -0.391. The van der Waals surface area contributed by atoms with Crippen LogP contribution in [0.1, 0.15) is 20.3 Å². The van der Waals surface area contributed by atoms with Gasteiger partial charge < -0.3 is 5.73 Å². The molecule has 2 amide bonds. The largest absolute Gasteiger partial charge is 0.369 e. The number of carbonyl (C=O) groups is 2. The summed E-state index contributed by atoms with van der Waals surface area (Å²) in [7, 11) is 0. The molecule has 1 atom stereocenters. The van der Waals surface area contributed by atoms with Crippen molar-refractivity contribution in [1.29, 1.82) is 0 Å². The second kappa shape index (κ2) is 6.33. The number of likely N-dealkylation sites (N-methyl/N-ethyl adjacent to an activating group) is 1. The van der Waals surface area contributed by atoms with Crippen LogP contribution in [0.5, 0.6) is 0 Å². The van der Waals surface area contributed by atoms with E-state index in [0.29, 0.717) is 13.0 Å². The predicted octanol–water partition coefficient (Wildman–Crippen LogP) is -1.44. The molecule has 0 spiro atoms. The molecule has 0 radical (unpaired) electrons. The smallest absolute Gasteiger partial charge is 0.251 e. The minimum atomic E-state index is -0.449. The molecule has 0 bridgehead atoms. The van der Waals surface area contributed by atoms with Gasteiger partial charge in [0.05, 0.1) is 12.6 Å². The minimum Gasteiger partial charge on any atom is -0.369 e. The Morgan fingerprint density at radius 3 is 2.29 bits per heavy atom. The van der Waals surface area contributed by atoms with Crippen LogP contribution in [0.3, 0.4) is 0 Å². The van der Waals surface area contributed by atoms with E-state index in [1.54, 1.807) is 4.90 Å². The highest BCUT2D eigenvalue weighted by atomic mass is 16.2. The molecule has 0 aromatic heterocycles. The molecule has 0 aliphatic heterocycles. The van der Waals surface area contributed by atoms with Gasteiger partial charge in [0.2, 0.25) is 5.91 Å². The number of nitrogens with zero attached hydrogens (tertiary/aromatic N) is 1. The van der Waals surface area contributed by atoms with Gasteiger partial charge in [-0.3, -0.25) is 19.9 Å². The molecule has 82 valence electrons. The Labute approximate surface area is 83.6 Å². The van der Waals surface area contributed by atoms with E-state index in [4.69, 9.17) is 11.6 Å². The lowest BCUT2D eigenvalue weighted by Gasteiger charge is -2.26. The lowest BCUT2D eigenvalue weighted by Crippen LogP contribution is -2.51. The topological polar surface area (TPSA) is 101 Å². The normalized spacial score (nSPS) is 12.6. The first-order valence-corrected chi connectivity index (χ1v) is 4.59. The molecule has 0 aliphatic rings. The van der Waals surface area contributed by atoms with E-state index in [0.717, 1.165) is 0 Å². The first-order chi connectivity index (χ1) is 6.56. The highest BCUT2D eigenvalue weighted by molar-refractivity contribution is 5.82. The third-order valence-corrected chi connectivity index (χ3v) is 2.04. The van der Waals surface area contributed by atoms with Crippen LogP contribution in [0, 0.1) is 0 Å². The molecular weight excluding hydrogens is 184 g/mol. The Bertz CT molecular complexity index is 208. The van der Waals surface area contributed by atoms with Gasteiger partial charge in [0.1, 0.15) is 0 Å². The van der Waals surface area contributed by atoms with E-state index < -0.39 is 11.9 Å². The molecule has 0 fully saturated rings. The van der Waals surface area contributed by atoms with Crippen molar-refractivity contribution in [3.8, 4) is 0 Å². The van der Waals surface area contributed by atoms with Gasteiger partial charge >= 0.3 is 0 Å². The van der Waals surface area contributed by atoms with Gasteiger partial charge in [0.25, 0.3) is 5.91 Å². The molecule has 0 saturated heterocycles. The van der Waals surface area contributed by atoms with E-state index in [9.17, 15) is 9.59 Å². The summed E-state index contributed by atoms with van der Waals surface area (Å²) in [6.07, 6.45) is 0.587. The fourth-order valence-electron chi connectivity index (χ4n) is 1.35. The molecule has 6 nitrogen and oxygen atoms in total. The highest BCUT2D eigenvalue weighted by Gasteiger charge is 2.23. The summed E-state index contributed by atoms with van der Waals surface area (Å²) in [6.45, 7) is 4.36. The quantitative estimate of drug-likeness (QED) is 0.279. The van der Waals surface area contributed by atoms with Gasteiger partial charge in [-0.2, -0.15) is 0 Å². The molecule has 0 heterocycles. The summed E-state index contributed by atoms with van der Waals surface area (Å²) in [5, 5.41) is 0. The molecular formula is C8H18N4O2. The van der Waals surface area contributed by atoms with Crippen molar-refractivity contribution in [2.75, 3.05) is 13.1 Å². The summed E-state index contributed by atoms with van der Waals surface area (Å²) >= 11 is 0. The molecule has 14 heavy (non-hydrogen) atoms. The van der Waals surface area contributed by atoms with E-state index >= 15 is 0 Å². The summed E-state index contributed by atoms with van der Waals surface area (Å²) in [4.78, 5) is 23.7. The summed E-state index contributed by atoms with van der Waals surface area (Å²) < 4.78 is 0. The minimum absolute atomic E-state index is 0.0719. The molecule has 5 N–H and O–H groups in total. The van der Waals surface area contributed by atoms with Gasteiger partial charge in [-0.25, -0.2) is 5.84 Å². The van der Waals surface area contributed by atoms with Crippen LogP contribution in [-0.4, -0.2) is 35.8 Å². The molecule has 0 aromatic carbocycles. The number of hydrazine groups is 1. The fraction of sp³-hybridized carbons (Fsp3) is 0.750. The van der Waals surface area contributed by atoms with Crippen LogP contribution in [0.25, 0.3) is 0 Å².